The zero-order valence-corrected chi connectivity index (χ0v) is 6.88. The molecule has 0 aliphatic heterocycles. The molecule has 72 valence electrons. The Kier molecular flexibility index (Phi) is 2.38. The first-order valence-corrected chi connectivity index (χ1v) is 3.52. The van der Waals surface area contributed by atoms with Crippen molar-refractivity contribution < 1.29 is 17.6 Å². The van der Waals surface area contributed by atoms with Crippen LogP contribution in [0.2, 0.25) is 5.02 Å². The van der Waals surface area contributed by atoms with Crippen LogP contribution in [-0.4, -0.2) is 0 Å². The molecule has 1 aromatic rings. The highest BCUT2D eigenvalue weighted by atomic mass is 35.5. The molecule has 0 atom stereocenters. The molecule has 0 fully saturated rings. The molecule has 13 heavy (non-hydrogen) atoms. The minimum Gasteiger partial charge on any atom is -0.397 e. The van der Waals surface area contributed by atoms with E-state index in [4.69, 9.17) is 17.3 Å². The number of anilines is 1. The second kappa shape index (κ2) is 3.06. The SMILES string of the molecule is Nc1c(Cl)ccc(F)c1C(F)(F)F. The molecular formula is C7H4ClF4N. The quantitative estimate of drug-likeness (QED) is 0.520. The summed E-state index contributed by atoms with van der Waals surface area (Å²) in [6.45, 7) is 0. The molecule has 0 amide bonds. The normalized spacial score (nSPS) is 11.8. The molecule has 1 aromatic carbocycles. The van der Waals surface area contributed by atoms with Crippen LogP contribution >= 0.6 is 11.6 Å². The summed E-state index contributed by atoms with van der Waals surface area (Å²) in [6.07, 6.45) is -4.82. The molecule has 6 heteroatoms. The Morgan fingerprint density at radius 2 is 1.77 bits per heavy atom. The van der Waals surface area contributed by atoms with E-state index < -0.39 is 23.2 Å². The van der Waals surface area contributed by atoms with Crippen LogP contribution in [0, 0.1) is 5.82 Å². The van der Waals surface area contributed by atoms with Gasteiger partial charge in [-0.15, -0.1) is 0 Å². The molecule has 1 nitrogen and oxygen atoms in total. The molecule has 0 heterocycles. The Morgan fingerprint density at radius 3 is 2.15 bits per heavy atom. The third-order valence-corrected chi connectivity index (χ3v) is 1.75. The van der Waals surface area contributed by atoms with Gasteiger partial charge in [0.15, 0.2) is 0 Å². The minimum absolute atomic E-state index is 0.311. The summed E-state index contributed by atoms with van der Waals surface area (Å²) in [5, 5.41) is -0.311. The van der Waals surface area contributed by atoms with E-state index >= 15 is 0 Å². The lowest BCUT2D eigenvalue weighted by molar-refractivity contribution is -0.139. The molecule has 0 unspecified atom stereocenters. The summed E-state index contributed by atoms with van der Waals surface area (Å²) >= 11 is 5.30. The van der Waals surface area contributed by atoms with Gasteiger partial charge in [-0.25, -0.2) is 4.39 Å². The minimum atomic E-state index is -4.82. The van der Waals surface area contributed by atoms with Gasteiger partial charge in [0, 0.05) is 0 Å². The standard InChI is InChI=1S/C7H4ClF4N/c8-3-1-2-4(9)5(6(3)13)7(10,11)12/h1-2H,13H2. The first-order valence-electron chi connectivity index (χ1n) is 3.14. The van der Waals surface area contributed by atoms with Crippen LogP contribution in [0.1, 0.15) is 5.56 Å². The zero-order valence-electron chi connectivity index (χ0n) is 6.12. The van der Waals surface area contributed by atoms with E-state index in [0.717, 1.165) is 6.07 Å². The molecule has 0 saturated heterocycles. The first-order chi connectivity index (χ1) is 5.84. The maximum absolute atomic E-state index is 12.7. The summed E-state index contributed by atoms with van der Waals surface area (Å²) in [6, 6.07) is 1.60. The average Bonchev–Trinajstić information content (AvgIpc) is 1.95. The summed E-state index contributed by atoms with van der Waals surface area (Å²) in [5.41, 5.74) is 2.68. The second-order valence-corrected chi connectivity index (χ2v) is 2.72. The van der Waals surface area contributed by atoms with Crippen molar-refractivity contribution >= 4 is 17.3 Å². The average molecular weight is 214 g/mol. The lowest BCUT2D eigenvalue weighted by Gasteiger charge is -2.11. The van der Waals surface area contributed by atoms with E-state index in [0.29, 0.717) is 6.07 Å². The van der Waals surface area contributed by atoms with E-state index in [1.54, 1.807) is 0 Å². The highest BCUT2D eigenvalue weighted by Gasteiger charge is 2.37. The largest absolute Gasteiger partial charge is 0.421 e. The predicted molar refractivity (Wildman–Crippen MR) is 40.8 cm³/mol. The van der Waals surface area contributed by atoms with Gasteiger partial charge in [-0.3, -0.25) is 0 Å². The van der Waals surface area contributed by atoms with E-state index in [2.05, 4.69) is 0 Å². The zero-order chi connectivity index (χ0) is 10.2. The highest BCUT2D eigenvalue weighted by molar-refractivity contribution is 6.33. The topological polar surface area (TPSA) is 26.0 Å². The van der Waals surface area contributed by atoms with Crippen molar-refractivity contribution in [3.05, 3.63) is 28.5 Å². The van der Waals surface area contributed by atoms with E-state index in [1.165, 1.54) is 0 Å². The number of halogens is 5. The molecule has 0 bridgehead atoms. The van der Waals surface area contributed by atoms with Gasteiger partial charge in [-0.2, -0.15) is 13.2 Å². The Morgan fingerprint density at radius 1 is 1.23 bits per heavy atom. The molecular weight excluding hydrogens is 210 g/mol. The first kappa shape index (κ1) is 10.1. The van der Waals surface area contributed by atoms with Gasteiger partial charge in [0.2, 0.25) is 0 Å². The van der Waals surface area contributed by atoms with Gasteiger partial charge >= 0.3 is 6.18 Å². The van der Waals surface area contributed by atoms with Crippen molar-refractivity contribution in [2.24, 2.45) is 0 Å². The Bertz CT molecular complexity index is 334. The van der Waals surface area contributed by atoms with Crippen LogP contribution in [0.15, 0.2) is 12.1 Å². The van der Waals surface area contributed by atoms with Crippen LogP contribution < -0.4 is 5.73 Å². The molecule has 0 saturated carbocycles. The van der Waals surface area contributed by atoms with E-state index in [-0.39, 0.29) is 5.02 Å². The van der Waals surface area contributed by atoms with Gasteiger partial charge in [0.1, 0.15) is 11.4 Å². The number of nitrogen functional groups attached to an aromatic ring is 1. The van der Waals surface area contributed by atoms with Crippen LogP contribution in [0.25, 0.3) is 0 Å². The third-order valence-electron chi connectivity index (χ3n) is 1.42. The molecule has 0 aromatic heterocycles. The molecule has 0 radical (unpaired) electrons. The number of hydrogen-bond acceptors (Lipinski definition) is 1. The third kappa shape index (κ3) is 1.85. The summed E-state index contributed by atoms with van der Waals surface area (Å²) in [5.74, 6) is -1.42. The number of rotatable bonds is 0. The van der Waals surface area contributed by atoms with Crippen molar-refractivity contribution in [1.82, 2.24) is 0 Å². The molecule has 0 aliphatic carbocycles. The van der Waals surface area contributed by atoms with Gasteiger partial charge in [-0.1, -0.05) is 11.6 Å². The van der Waals surface area contributed by atoms with Gasteiger partial charge in [0.25, 0.3) is 0 Å². The Hall–Kier alpha value is -0.970. The highest BCUT2D eigenvalue weighted by Crippen LogP contribution is 2.38. The van der Waals surface area contributed by atoms with Gasteiger partial charge < -0.3 is 5.73 Å². The Balaban J connectivity index is 3.43. The fraction of sp³-hybridized carbons (Fsp3) is 0.143. The number of alkyl halides is 3. The monoisotopic (exact) mass is 213 g/mol. The van der Waals surface area contributed by atoms with Gasteiger partial charge in [0.05, 0.1) is 10.7 Å². The Labute approximate surface area is 76.1 Å². The van der Waals surface area contributed by atoms with E-state index in [1.807, 2.05) is 0 Å². The van der Waals surface area contributed by atoms with Crippen LogP contribution in [0.5, 0.6) is 0 Å². The fourth-order valence-corrected chi connectivity index (χ4v) is 1.01. The summed E-state index contributed by atoms with van der Waals surface area (Å²) in [7, 11) is 0. The number of benzene rings is 1. The lowest BCUT2D eigenvalue weighted by Crippen LogP contribution is -2.12. The smallest absolute Gasteiger partial charge is 0.397 e. The maximum Gasteiger partial charge on any atom is 0.421 e. The van der Waals surface area contributed by atoms with Crippen molar-refractivity contribution in [2.75, 3.05) is 5.73 Å². The molecule has 0 spiro atoms. The van der Waals surface area contributed by atoms with Crippen LogP contribution in [-0.2, 0) is 6.18 Å². The number of nitrogens with two attached hydrogens (primary N) is 1. The molecule has 1 rings (SSSR count). The summed E-state index contributed by atoms with van der Waals surface area (Å²) < 4.78 is 49.0. The molecule has 2 N–H and O–H groups in total. The second-order valence-electron chi connectivity index (χ2n) is 2.32. The van der Waals surface area contributed by atoms with Crippen LogP contribution in [0.4, 0.5) is 23.2 Å². The molecule has 0 aliphatic rings. The maximum atomic E-state index is 12.7. The van der Waals surface area contributed by atoms with Gasteiger partial charge in [-0.05, 0) is 12.1 Å². The van der Waals surface area contributed by atoms with Crippen molar-refractivity contribution in [2.45, 2.75) is 6.18 Å². The lowest BCUT2D eigenvalue weighted by atomic mass is 10.1. The van der Waals surface area contributed by atoms with Crippen molar-refractivity contribution in [1.29, 1.82) is 0 Å². The summed E-state index contributed by atoms with van der Waals surface area (Å²) in [4.78, 5) is 0. The van der Waals surface area contributed by atoms with Crippen molar-refractivity contribution in [3.8, 4) is 0 Å². The number of hydrogen-bond donors (Lipinski definition) is 1. The predicted octanol–water partition coefficient (Wildman–Crippen LogP) is 3.08. The van der Waals surface area contributed by atoms with E-state index in [9.17, 15) is 17.6 Å². The van der Waals surface area contributed by atoms with Crippen molar-refractivity contribution in [3.63, 3.8) is 0 Å². The van der Waals surface area contributed by atoms with Crippen LogP contribution in [0.3, 0.4) is 0 Å². The fourth-order valence-electron chi connectivity index (χ4n) is 0.856.